The molecule has 3 rings (SSSR count). The molecule has 1 atom stereocenters. The summed E-state index contributed by atoms with van der Waals surface area (Å²) >= 11 is 6.09. The molecule has 140 valence electrons. The number of carbonyl (C=O) groups is 1. The minimum atomic E-state index is -0.715. The Hall–Kier alpha value is -2.79. The van der Waals surface area contributed by atoms with E-state index in [1.807, 2.05) is 31.2 Å². The summed E-state index contributed by atoms with van der Waals surface area (Å²) in [5.41, 5.74) is 1.37. The lowest BCUT2D eigenvalue weighted by Crippen LogP contribution is -2.30. The quantitative estimate of drug-likeness (QED) is 0.616. The number of nitrogens with zero attached hydrogens (tertiary/aromatic N) is 1. The Labute approximate surface area is 163 Å². The average Bonchev–Trinajstić information content (AvgIpc) is 2.69. The van der Waals surface area contributed by atoms with Crippen LogP contribution in [0.5, 0.6) is 11.5 Å². The highest BCUT2D eigenvalue weighted by atomic mass is 35.5. The molecule has 1 N–H and O–H groups in total. The summed E-state index contributed by atoms with van der Waals surface area (Å²) in [6.45, 7) is 4.34. The third-order valence-electron chi connectivity index (χ3n) is 3.96. The van der Waals surface area contributed by atoms with Crippen molar-refractivity contribution in [3.8, 4) is 11.5 Å². The van der Waals surface area contributed by atoms with Crippen molar-refractivity contribution >= 4 is 34.1 Å². The maximum absolute atomic E-state index is 12.6. The monoisotopic (exact) mass is 384 g/mol. The van der Waals surface area contributed by atoms with Crippen LogP contribution in [0.2, 0.25) is 5.02 Å². The van der Waals surface area contributed by atoms with Crippen molar-refractivity contribution < 1.29 is 14.3 Å². The molecule has 0 aliphatic rings. The molecule has 0 unspecified atom stereocenters. The molecule has 2 aromatic carbocycles. The number of rotatable bonds is 7. The number of hydrogen-bond donors (Lipinski definition) is 1. The van der Waals surface area contributed by atoms with E-state index in [2.05, 4.69) is 10.3 Å². The van der Waals surface area contributed by atoms with Crippen LogP contribution < -0.4 is 14.8 Å². The first-order chi connectivity index (χ1) is 13.1. The summed E-state index contributed by atoms with van der Waals surface area (Å²) in [5.74, 6) is 0.893. The van der Waals surface area contributed by atoms with Crippen LogP contribution in [0.25, 0.3) is 10.9 Å². The highest BCUT2D eigenvalue weighted by Gasteiger charge is 2.18. The van der Waals surface area contributed by atoms with Crippen LogP contribution in [0.15, 0.2) is 54.7 Å². The first kappa shape index (κ1) is 19.0. The predicted octanol–water partition coefficient (Wildman–Crippen LogP) is 5.08. The van der Waals surface area contributed by atoms with Crippen molar-refractivity contribution in [3.63, 3.8) is 0 Å². The summed E-state index contributed by atoms with van der Waals surface area (Å²) in [7, 11) is 0. The molecule has 1 amide bonds. The van der Waals surface area contributed by atoms with E-state index in [-0.39, 0.29) is 5.91 Å². The molecular weight excluding hydrogens is 364 g/mol. The lowest BCUT2D eigenvalue weighted by atomic mass is 10.1. The van der Waals surface area contributed by atoms with E-state index in [9.17, 15) is 4.79 Å². The lowest BCUT2D eigenvalue weighted by molar-refractivity contribution is -0.122. The van der Waals surface area contributed by atoms with E-state index in [1.54, 1.807) is 37.4 Å². The molecular formula is C21H21ClN2O3. The summed E-state index contributed by atoms with van der Waals surface area (Å²) in [6, 6.07) is 14.4. The zero-order valence-corrected chi connectivity index (χ0v) is 16.0. The fourth-order valence-corrected chi connectivity index (χ4v) is 2.78. The first-order valence-electron chi connectivity index (χ1n) is 8.82. The van der Waals surface area contributed by atoms with Gasteiger partial charge in [-0.1, -0.05) is 30.7 Å². The van der Waals surface area contributed by atoms with E-state index in [0.29, 0.717) is 34.3 Å². The van der Waals surface area contributed by atoms with Gasteiger partial charge in [0.2, 0.25) is 0 Å². The molecule has 0 saturated heterocycles. The lowest BCUT2D eigenvalue weighted by Gasteiger charge is -2.17. The molecule has 27 heavy (non-hydrogen) atoms. The standard InChI is InChI=1S/C21H21ClN2O3/c1-3-13-26-19-11-10-17(15-7-6-12-23-20(15)19)24-21(25)14(2)27-18-9-5-4-8-16(18)22/h4-12,14H,3,13H2,1-2H3,(H,24,25)/t14-/m1/s1. The van der Waals surface area contributed by atoms with Crippen molar-refractivity contribution in [3.05, 3.63) is 59.8 Å². The summed E-state index contributed by atoms with van der Waals surface area (Å²) < 4.78 is 11.4. The van der Waals surface area contributed by atoms with E-state index < -0.39 is 6.10 Å². The number of pyridine rings is 1. The maximum atomic E-state index is 12.6. The fourth-order valence-electron chi connectivity index (χ4n) is 2.60. The number of hydrogen-bond acceptors (Lipinski definition) is 4. The first-order valence-corrected chi connectivity index (χ1v) is 9.20. The SMILES string of the molecule is CCCOc1ccc(NC(=O)[C@@H](C)Oc2ccccc2Cl)c2cccnc12. The number of anilines is 1. The van der Waals surface area contributed by atoms with E-state index in [1.165, 1.54) is 0 Å². The molecule has 0 spiro atoms. The van der Waals surface area contributed by atoms with E-state index >= 15 is 0 Å². The van der Waals surface area contributed by atoms with Gasteiger partial charge in [0.1, 0.15) is 17.0 Å². The zero-order chi connectivity index (χ0) is 19.2. The van der Waals surface area contributed by atoms with Gasteiger partial charge in [-0.05, 0) is 49.7 Å². The fraction of sp³-hybridized carbons (Fsp3) is 0.238. The predicted molar refractivity (Wildman–Crippen MR) is 108 cm³/mol. The van der Waals surface area contributed by atoms with Gasteiger partial charge >= 0.3 is 0 Å². The average molecular weight is 385 g/mol. The zero-order valence-electron chi connectivity index (χ0n) is 15.2. The Bertz CT molecular complexity index is 946. The van der Waals surface area contributed by atoms with E-state index in [4.69, 9.17) is 21.1 Å². The molecule has 0 fully saturated rings. The topological polar surface area (TPSA) is 60.5 Å². The van der Waals surface area contributed by atoms with Crippen molar-refractivity contribution in [1.82, 2.24) is 4.98 Å². The number of carbonyl (C=O) groups excluding carboxylic acids is 1. The smallest absolute Gasteiger partial charge is 0.265 e. The van der Waals surface area contributed by atoms with Crippen molar-refractivity contribution in [1.29, 1.82) is 0 Å². The molecule has 0 aliphatic carbocycles. The van der Waals surface area contributed by atoms with Gasteiger partial charge in [0.25, 0.3) is 5.91 Å². The van der Waals surface area contributed by atoms with Crippen molar-refractivity contribution in [2.75, 3.05) is 11.9 Å². The van der Waals surface area contributed by atoms with Crippen LogP contribution in [0.4, 0.5) is 5.69 Å². The third-order valence-corrected chi connectivity index (χ3v) is 4.27. The van der Waals surface area contributed by atoms with Gasteiger partial charge in [-0.2, -0.15) is 0 Å². The molecule has 6 heteroatoms. The normalized spacial score (nSPS) is 11.8. The van der Waals surface area contributed by atoms with Gasteiger partial charge in [0.15, 0.2) is 6.10 Å². The maximum Gasteiger partial charge on any atom is 0.265 e. The second-order valence-electron chi connectivity index (χ2n) is 6.04. The number of benzene rings is 2. The van der Waals surface area contributed by atoms with E-state index in [0.717, 1.165) is 11.8 Å². The number of halogens is 1. The minimum Gasteiger partial charge on any atom is -0.491 e. The molecule has 0 aliphatic heterocycles. The van der Waals surface area contributed by atoms with Gasteiger partial charge in [0, 0.05) is 11.6 Å². The molecule has 0 saturated carbocycles. The number of aromatic nitrogens is 1. The van der Waals surface area contributed by atoms with Gasteiger partial charge < -0.3 is 14.8 Å². The van der Waals surface area contributed by atoms with Crippen molar-refractivity contribution in [2.45, 2.75) is 26.4 Å². The molecule has 1 heterocycles. The summed E-state index contributed by atoms with van der Waals surface area (Å²) in [5, 5.41) is 4.18. The van der Waals surface area contributed by atoms with Gasteiger partial charge in [-0.25, -0.2) is 0 Å². The van der Waals surface area contributed by atoms with Crippen LogP contribution in [-0.4, -0.2) is 23.6 Å². The number of para-hydroxylation sites is 1. The second kappa shape index (κ2) is 8.73. The molecule has 3 aromatic rings. The molecule has 1 aromatic heterocycles. The Balaban J connectivity index is 1.79. The second-order valence-corrected chi connectivity index (χ2v) is 6.45. The molecule has 0 bridgehead atoms. The van der Waals surface area contributed by atoms with Gasteiger partial charge in [-0.15, -0.1) is 0 Å². The Morgan fingerprint density at radius 2 is 1.96 bits per heavy atom. The largest absolute Gasteiger partial charge is 0.491 e. The van der Waals surface area contributed by atoms with Crippen LogP contribution in [0.1, 0.15) is 20.3 Å². The van der Waals surface area contributed by atoms with Gasteiger partial charge in [-0.3, -0.25) is 9.78 Å². The van der Waals surface area contributed by atoms with Crippen LogP contribution in [0, 0.1) is 0 Å². The van der Waals surface area contributed by atoms with Crippen molar-refractivity contribution in [2.24, 2.45) is 0 Å². The number of ether oxygens (including phenoxy) is 2. The van der Waals surface area contributed by atoms with Crippen LogP contribution in [0.3, 0.4) is 0 Å². The summed E-state index contributed by atoms with van der Waals surface area (Å²) in [6.07, 6.45) is 1.90. The minimum absolute atomic E-state index is 0.276. The Kier molecular flexibility index (Phi) is 6.14. The highest BCUT2D eigenvalue weighted by Crippen LogP contribution is 2.30. The molecule has 0 radical (unpaired) electrons. The Morgan fingerprint density at radius 3 is 2.74 bits per heavy atom. The Morgan fingerprint density at radius 1 is 1.15 bits per heavy atom. The number of nitrogens with one attached hydrogen (secondary N) is 1. The van der Waals surface area contributed by atoms with Gasteiger partial charge in [0.05, 0.1) is 17.3 Å². The number of amides is 1. The number of fused-ring (bicyclic) bond motifs is 1. The molecule has 5 nitrogen and oxygen atoms in total. The highest BCUT2D eigenvalue weighted by molar-refractivity contribution is 6.32. The van der Waals surface area contributed by atoms with Crippen LogP contribution >= 0.6 is 11.6 Å². The third kappa shape index (κ3) is 4.49. The van der Waals surface area contributed by atoms with Crippen LogP contribution in [-0.2, 0) is 4.79 Å². The summed E-state index contributed by atoms with van der Waals surface area (Å²) in [4.78, 5) is 17.0.